The second-order valence-corrected chi connectivity index (χ2v) is 6.50. The first-order chi connectivity index (χ1) is 8.25. The summed E-state index contributed by atoms with van der Waals surface area (Å²) in [4.78, 5) is 12.0. The number of halogens is 1. The Morgan fingerprint density at radius 3 is 2.88 bits per heavy atom. The number of hydrogen-bond acceptors (Lipinski definition) is 3. The van der Waals surface area contributed by atoms with Crippen LogP contribution in [0.2, 0.25) is 0 Å². The lowest BCUT2D eigenvalue weighted by atomic mass is 10.0. The van der Waals surface area contributed by atoms with Crippen LogP contribution in [0.25, 0.3) is 0 Å². The molecule has 3 aliphatic rings. The van der Waals surface area contributed by atoms with Crippen molar-refractivity contribution in [1.82, 2.24) is 0 Å². The molecule has 3 nitrogen and oxygen atoms in total. The minimum absolute atomic E-state index is 0.0391. The van der Waals surface area contributed by atoms with Gasteiger partial charge in [-0.2, -0.15) is 0 Å². The van der Waals surface area contributed by atoms with Crippen molar-refractivity contribution in [1.29, 1.82) is 0 Å². The van der Waals surface area contributed by atoms with E-state index in [2.05, 4.69) is 15.9 Å². The Balaban J connectivity index is 1.60. The third kappa shape index (κ3) is 2.32. The van der Waals surface area contributed by atoms with E-state index in [-0.39, 0.29) is 23.1 Å². The average molecular weight is 303 g/mol. The van der Waals surface area contributed by atoms with Gasteiger partial charge in [0.05, 0.1) is 10.9 Å². The fourth-order valence-electron chi connectivity index (χ4n) is 3.44. The van der Waals surface area contributed by atoms with E-state index < -0.39 is 0 Å². The van der Waals surface area contributed by atoms with E-state index in [1.807, 2.05) is 0 Å². The molecule has 0 aromatic heterocycles. The van der Waals surface area contributed by atoms with Gasteiger partial charge in [-0.25, -0.2) is 0 Å². The molecule has 96 valence electrons. The van der Waals surface area contributed by atoms with Crippen molar-refractivity contribution in [2.75, 3.05) is 6.61 Å². The lowest BCUT2D eigenvalue weighted by Gasteiger charge is -2.27. The molecule has 0 radical (unpaired) electrons. The highest BCUT2D eigenvalue weighted by Crippen LogP contribution is 2.46. The average Bonchev–Trinajstić information content (AvgIpc) is 2.84. The molecule has 1 saturated heterocycles. The highest BCUT2D eigenvalue weighted by molar-refractivity contribution is 9.09. The quantitative estimate of drug-likeness (QED) is 0.736. The van der Waals surface area contributed by atoms with Crippen molar-refractivity contribution in [3.63, 3.8) is 0 Å². The zero-order valence-electron chi connectivity index (χ0n) is 9.94. The summed E-state index contributed by atoms with van der Waals surface area (Å²) in [6, 6.07) is 0. The number of carbonyl (C=O) groups excluding carboxylic acids is 1. The van der Waals surface area contributed by atoms with Gasteiger partial charge in [0.25, 0.3) is 0 Å². The monoisotopic (exact) mass is 302 g/mol. The molecule has 0 aromatic rings. The van der Waals surface area contributed by atoms with Crippen molar-refractivity contribution in [3.8, 4) is 0 Å². The van der Waals surface area contributed by atoms with Gasteiger partial charge < -0.3 is 9.47 Å². The number of hydrogen-bond donors (Lipinski definition) is 0. The predicted molar refractivity (Wildman–Crippen MR) is 67.0 cm³/mol. The Morgan fingerprint density at radius 2 is 2.18 bits per heavy atom. The molecule has 4 heteroatoms. The molecular weight excluding hydrogens is 284 g/mol. The van der Waals surface area contributed by atoms with E-state index >= 15 is 0 Å². The van der Waals surface area contributed by atoms with E-state index in [4.69, 9.17) is 9.47 Å². The standard InChI is InChI=1S/C13H19BrO3/c14-13-10(17-11-3-1-2-6-16-11)7-8-4-5-9(15)12(8)13/h8,10-13H,1-7H2/t8-,10-,11?,12+,13+/m1/s1. The lowest BCUT2D eigenvalue weighted by molar-refractivity contribution is -0.186. The fraction of sp³-hybridized carbons (Fsp3) is 0.923. The summed E-state index contributed by atoms with van der Waals surface area (Å²) in [6.45, 7) is 0.816. The maximum absolute atomic E-state index is 11.8. The number of Topliss-reactive ketones (excluding diaryl/α,β-unsaturated/α-hetero) is 1. The summed E-state index contributed by atoms with van der Waals surface area (Å²) in [5.41, 5.74) is 0. The summed E-state index contributed by atoms with van der Waals surface area (Å²) in [7, 11) is 0. The zero-order valence-corrected chi connectivity index (χ0v) is 11.5. The smallest absolute Gasteiger partial charge is 0.158 e. The van der Waals surface area contributed by atoms with Crippen LogP contribution in [0.4, 0.5) is 0 Å². The lowest BCUT2D eigenvalue weighted by Crippen LogP contribution is -2.32. The highest BCUT2D eigenvalue weighted by atomic mass is 79.9. The second-order valence-electron chi connectivity index (χ2n) is 5.44. The summed E-state index contributed by atoms with van der Waals surface area (Å²) in [5, 5.41) is 0. The van der Waals surface area contributed by atoms with Crippen molar-refractivity contribution in [2.24, 2.45) is 11.8 Å². The van der Waals surface area contributed by atoms with Crippen molar-refractivity contribution < 1.29 is 14.3 Å². The molecule has 3 fully saturated rings. The molecule has 3 rings (SSSR count). The van der Waals surface area contributed by atoms with Crippen LogP contribution in [0.15, 0.2) is 0 Å². The molecule has 1 heterocycles. The molecule has 17 heavy (non-hydrogen) atoms. The zero-order chi connectivity index (χ0) is 11.8. The van der Waals surface area contributed by atoms with Gasteiger partial charge in [-0.15, -0.1) is 0 Å². The van der Waals surface area contributed by atoms with Crippen molar-refractivity contribution in [3.05, 3.63) is 0 Å². The molecule has 0 spiro atoms. The predicted octanol–water partition coefficient (Wildman–Crippen LogP) is 2.66. The van der Waals surface area contributed by atoms with Gasteiger partial charge in [0.1, 0.15) is 5.78 Å². The molecule has 1 unspecified atom stereocenters. The number of fused-ring (bicyclic) bond motifs is 1. The molecule has 2 aliphatic carbocycles. The summed E-state index contributed by atoms with van der Waals surface area (Å²) in [5.74, 6) is 1.16. The molecule has 1 aliphatic heterocycles. The Bertz CT molecular complexity index is 301. The first-order valence-corrected chi connectivity index (χ1v) is 7.61. The molecule has 0 bridgehead atoms. The van der Waals surface area contributed by atoms with Crippen molar-refractivity contribution >= 4 is 21.7 Å². The maximum Gasteiger partial charge on any atom is 0.158 e. The third-order valence-electron chi connectivity index (χ3n) is 4.34. The van der Waals surface area contributed by atoms with Crippen LogP contribution in [-0.4, -0.2) is 29.6 Å². The van der Waals surface area contributed by atoms with Gasteiger partial charge in [-0.05, 0) is 38.0 Å². The second kappa shape index (κ2) is 4.98. The number of rotatable bonds is 2. The van der Waals surface area contributed by atoms with Crippen molar-refractivity contribution in [2.45, 2.75) is 55.7 Å². The third-order valence-corrected chi connectivity index (χ3v) is 5.50. The Hall–Kier alpha value is 0.0700. The van der Waals surface area contributed by atoms with E-state index in [9.17, 15) is 4.79 Å². The summed E-state index contributed by atoms with van der Waals surface area (Å²) in [6.07, 6.45) is 6.30. The first kappa shape index (κ1) is 12.1. The van der Waals surface area contributed by atoms with Gasteiger partial charge >= 0.3 is 0 Å². The molecule has 2 saturated carbocycles. The van der Waals surface area contributed by atoms with E-state index in [0.717, 1.165) is 38.7 Å². The van der Waals surface area contributed by atoms with Crippen LogP contribution in [0, 0.1) is 11.8 Å². The number of alkyl halides is 1. The molecular formula is C13H19BrO3. The number of ether oxygens (including phenoxy) is 2. The van der Waals surface area contributed by atoms with Crippen LogP contribution in [0.5, 0.6) is 0 Å². The van der Waals surface area contributed by atoms with Crippen LogP contribution in [0.1, 0.15) is 38.5 Å². The fourth-order valence-corrected chi connectivity index (χ4v) is 4.51. The minimum atomic E-state index is -0.0391. The van der Waals surface area contributed by atoms with E-state index in [1.165, 1.54) is 6.42 Å². The Morgan fingerprint density at radius 1 is 1.29 bits per heavy atom. The van der Waals surface area contributed by atoms with E-state index in [1.54, 1.807) is 0 Å². The largest absolute Gasteiger partial charge is 0.353 e. The van der Waals surface area contributed by atoms with Crippen LogP contribution in [-0.2, 0) is 14.3 Å². The van der Waals surface area contributed by atoms with Gasteiger partial charge in [0.15, 0.2) is 6.29 Å². The topological polar surface area (TPSA) is 35.5 Å². The van der Waals surface area contributed by atoms with Gasteiger partial charge in [0.2, 0.25) is 0 Å². The van der Waals surface area contributed by atoms with Gasteiger partial charge in [-0.1, -0.05) is 15.9 Å². The van der Waals surface area contributed by atoms with Gasteiger partial charge in [-0.3, -0.25) is 4.79 Å². The van der Waals surface area contributed by atoms with Crippen LogP contribution < -0.4 is 0 Å². The SMILES string of the molecule is O=C1CC[C@@H]2C[C@@H](OC3CCCCO3)[C@H](Br)[C@H]12. The molecule has 0 amide bonds. The van der Waals surface area contributed by atoms with Crippen LogP contribution >= 0.6 is 15.9 Å². The maximum atomic E-state index is 11.8. The summed E-state index contributed by atoms with van der Waals surface area (Å²) < 4.78 is 11.6. The molecule has 0 N–H and O–H groups in total. The summed E-state index contributed by atoms with van der Waals surface area (Å²) >= 11 is 3.68. The molecule has 0 aromatic carbocycles. The van der Waals surface area contributed by atoms with Gasteiger partial charge in [0, 0.05) is 18.9 Å². The Kier molecular flexibility index (Phi) is 3.55. The minimum Gasteiger partial charge on any atom is -0.353 e. The first-order valence-electron chi connectivity index (χ1n) is 6.69. The highest BCUT2D eigenvalue weighted by Gasteiger charge is 2.49. The Labute approximate surface area is 110 Å². The normalized spacial score (nSPS) is 46.2. The van der Waals surface area contributed by atoms with E-state index in [0.29, 0.717) is 11.7 Å². The van der Waals surface area contributed by atoms with Crippen LogP contribution in [0.3, 0.4) is 0 Å². The molecule has 5 atom stereocenters. The number of ketones is 1. The number of carbonyl (C=O) groups is 1.